The van der Waals surface area contributed by atoms with Gasteiger partial charge in [0.05, 0.1) is 19.6 Å². The van der Waals surface area contributed by atoms with Crippen molar-refractivity contribution in [3.8, 4) is 5.75 Å². The van der Waals surface area contributed by atoms with Crippen molar-refractivity contribution >= 4 is 11.8 Å². The van der Waals surface area contributed by atoms with E-state index in [9.17, 15) is 9.59 Å². The van der Waals surface area contributed by atoms with E-state index in [0.717, 1.165) is 17.9 Å². The quantitative estimate of drug-likeness (QED) is 0.852. The molecule has 0 aromatic heterocycles. The summed E-state index contributed by atoms with van der Waals surface area (Å²) in [5.41, 5.74) is 0.900. The summed E-state index contributed by atoms with van der Waals surface area (Å²) < 4.78 is 5.15. The van der Waals surface area contributed by atoms with Crippen LogP contribution in [-0.2, 0) is 9.59 Å². The van der Waals surface area contributed by atoms with E-state index >= 15 is 0 Å². The Labute approximate surface area is 137 Å². The van der Waals surface area contributed by atoms with Gasteiger partial charge in [-0.15, -0.1) is 0 Å². The van der Waals surface area contributed by atoms with Crippen molar-refractivity contribution in [1.29, 1.82) is 0 Å². The lowest BCUT2D eigenvalue weighted by atomic mass is 10.0. The number of ether oxygens (including phenoxy) is 1. The minimum absolute atomic E-state index is 0.0629. The molecule has 2 rings (SSSR count). The molecular weight excluding hydrogens is 294 g/mol. The van der Waals surface area contributed by atoms with Gasteiger partial charge in [0.15, 0.2) is 0 Å². The lowest BCUT2D eigenvalue weighted by molar-refractivity contribution is -0.133. The second-order valence-electron chi connectivity index (χ2n) is 5.93. The minimum Gasteiger partial charge on any atom is -0.497 e. The van der Waals surface area contributed by atoms with Crippen molar-refractivity contribution in [2.75, 3.05) is 26.7 Å². The number of methoxy groups -OCH3 is 1. The molecule has 0 spiro atoms. The summed E-state index contributed by atoms with van der Waals surface area (Å²) in [6, 6.07) is 7.41. The molecule has 1 aromatic rings. The maximum atomic E-state index is 12.6. The largest absolute Gasteiger partial charge is 0.497 e. The fourth-order valence-corrected chi connectivity index (χ4v) is 2.80. The summed E-state index contributed by atoms with van der Waals surface area (Å²) in [6.07, 6.45) is 0.263. The highest BCUT2D eigenvalue weighted by atomic mass is 16.5. The number of nitrogens with one attached hydrogen (secondary N) is 2. The highest BCUT2D eigenvalue weighted by Gasteiger charge is 2.24. The van der Waals surface area contributed by atoms with Gasteiger partial charge >= 0.3 is 0 Å². The molecule has 1 aromatic carbocycles. The molecule has 126 valence electrons. The van der Waals surface area contributed by atoms with Gasteiger partial charge in [-0.25, -0.2) is 0 Å². The van der Waals surface area contributed by atoms with Crippen LogP contribution in [0.25, 0.3) is 0 Å². The summed E-state index contributed by atoms with van der Waals surface area (Å²) in [7, 11) is 1.61. The summed E-state index contributed by atoms with van der Waals surface area (Å²) in [5, 5.41) is 6.19. The summed E-state index contributed by atoms with van der Waals surface area (Å²) in [4.78, 5) is 25.9. The van der Waals surface area contributed by atoms with Crippen LogP contribution in [0.15, 0.2) is 24.3 Å². The molecule has 0 saturated carbocycles. The van der Waals surface area contributed by atoms with Crippen molar-refractivity contribution in [3.05, 3.63) is 29.8 Å². The van der Waals surface area contributed by atoms with Gasteiger partial charge in [0, 0.05) is 32.6 Å². The first-order valence-corrected chi connectivity index (χ1v) is 7.92. The van der Waals surface area contributed by atoms with Gasteiger partial charge in [0.1, 0.15) is 5.75 Å². The molecule has 1 aliphatic rings. The van der Waals surface area contributed by atoms with Crippen LogP contribution in [0.2, 0.25) is 0 Å². The molecule has 1 aliphatic heterocycles. The maximum absolute atomic E-state index is 12.6. The third-order valence-electron chi connectivity index (χ3n) is 4.00. The van der Waals surface area contributed by atoms with Crippen LogP contribution in [0, 0.1) is 0 Å². The molecular formula is C17H25N3O3. The van der Waals surface area contributed by atoms with Gasteiger partial charge in [0.2, 0.25) is 11.8 Å². The molecule has 23 heavy (non-hydrogen) atoms. The van der Waals surface area contributed by atoms with Gasteiger partial charge < -0.3 is 20.3 Å². The Balaban J connectivity index is 2.08. The predicted octanol–water partition coefficient (Wildman–Crippen LogP) is 1.08. The van der Waals surface area contributed by atoms with E-state index in [1.54, 1.807) is 7.11 Å². The van der Waals surface area contributed by atoms with Gasteiger partial charge in [-0.1, -0.05) is 12.1 Å². The zero-order valence-corrected chi connectivity index (χ0v) is 14.0. The summed E-state index contributed by atoms with van der Waals surface area (Å²) in [5.74, 6) is 0.665. The second-order valence-corrected chi connectivity index (χ2v) is 5.93. The predicted molar refractivity (Wildman–Crippen MR) is 88.2 cm³/mol. The standard InChI is InChI=1S/C17H25N3O3/c1-12-11-20(9-8-18-12)17(22)10-16(19-13(2)21)14-4-6-15(23-3)7-5-14/h4-7,12,16,18H,8-11H2,1-3H3,(H,19,21)/t12-,16-/m1/s1. The number of piperazine rings is 1. The first-order valence-electron chi connectivity index (χ1n) is 7.92. The van der Waals surface area contributed by atoms with E-state index in [-0.39, 0.29) is 24.3 Å². The van der Waals surface area contributed by atoms with Crippen LogP contribution in [0.3, 0.4) is 0 Å². The lowest BCUT2D eigenvalue weighted by Crippen LogP contribution is -2.51. The van der Waals surface area contributed by atoms with Gasteiger partial charge in [0.25, 0.3) is 0 Å². The fraction of sp³-hybridized carbons (Fsp3) is 0.529. The number of hydrogen-bond donors (Lipinski definition) is 2. The topological polar surface area (TPSA) is 70.7 Å². The number of hydrogen-bond acceptors (Lipinski definition) is 4. The van der Waals surface area contributed by atoms with Crippen molar-refractivity contribution in [3.63, 3.8) is 0 Å². The fourth-order valence-electron chi connectivity index (χ4n) is 2.80. The first-order chi connectivity index (χ1) is 11.0. The molecule has 6 nitrogen and oxygen atoms in total. The Hall–Kier alpha value is -2.08. The van der Waals surface area contributed by atoms with Crippen molar-refractivity contribution in [2.24, 2.45) is 0 Å². The Morgan fingerprint density at radius 1 is 1.39 bits per heavy atom. The highest BCUT2D eigenvalue weighted by molar-refractivity contribution is 5.79. The summed E-state index contributed by atoms with van der Waals surface area (Å²) >= 11 is 0. The van der Waals surface area contributed by atoms with Crippen LogP contribution in [0.4, 0.5) is 0 Å². The molecule has 2 amide bonds. The third-order valence-corrected chi connectivity index (χ3v) is 4.00. The minimum atomic E-state index is -0.323. The molecule has 0 bridgehead atoms. The second kappa shape index (κ2) is 7.97. The zero-order chi connectivity index (χ0) is 16.8. The SMILES string of the molecule is COc1ccc([C@@H](CC(=O)N2CCN[C@H](C)C2)NC(C)=O)cc1. The maximum Gasteiger partial charge on any atom is 0.225 e. The van der Waals surface area contributed by atoms with Crippen LogP contribution in [0.5, 0.6) is 5.75 Å². The third kappa shape index (κ3) is 4.96. The number of amides is 2. The number of benzene rings is 1. The monoisotopic (exact) mass is 319 g/mol. The van der Waals surface area contributed by atoms with E-state index in [2.05, 4.69) is 17.6 Å². The zero-order valence-electron chi connectivity index (χ0n) is 14.0. The van der Waals surface area contributed by atoms with Crippen LogP contribution >= 0.6 is 0 Å². The average Bonchev–Trinajstić information content (AvgIpc) is 2.54. The molecule has 0 aliphatic carbocycles. The van der Waals surface area contributed by atoms with E-state index in [1.165, 1.54) is 6.92 Å². The lowest BCUT2D eigenvalue weighted by Gasteiger charge is -2.33. The van der Waals surface area contributed by atoms with Crippen LogP contribution < -0.4 is 15.4 Å². The first kappa shape index (κ1) is 17.3. The average molecular weight is 319 g/mol. The summed E-state index contributed by atoms with van der Waals surface area (Å²) in [6.45, 7) is 5.75. The van der Waals surface area contributed by atoms with Crippen molar-refractivity contribution in [1.82, 2.24) is 15.5 Å². The molecule has 2 atom stereocenters. The molecule has 0 radical (unpaired) electrons. The van der Waals surface area contributed by atoms with E-state index in [4.69, 9.17) is 4.74 Å². The molecule has 1 fully saturated rings. The van der Waals surface area contributed by atoms with E-state index in [1.807, 2.05) is 29.2 Å². The van der Waals surface area contributed by atoms with Crippen LogP contribution in [0.1, 0.15) is 31.9 Å². The Morgan fingerprint density at radius 3 is 2.65 bits per heavy atom. The van der Waals surface area contributed by atoms with E-state index < -0.39 is 0 Å². The molecule has 2 N–H and O–H groups in total. The smallest absolute Gasteiger partial charge is 0.225 e. The Kier molecular flexibility index (Phi) is 5.98. The number of rotatable bonds is 5. The van der Waals surface area contributed by atoms with E-state index in [0.29, 0.717) is 19.1 Å². The van der Waals surface area contributed by atoms with Gasteiger partial charge in [-0.2, -0.15) is 0 Å². The molecule has 0 unspecified atom stereocenters. The van der Waals surface area contributed by atoms with Crippen molar-refractivity contribution < 1.29 is 14.3 Å². The van der Waals surface area contributed by atoms with Gasteiger partial charge in [-0.3, -0.25) is 9.59 Å². The molecule has 6 heteroatoms. The molecule has 1 saturated heterocycles. The number of carbonyl (C=O) groups is 2. The van der Waals surface area contributed by atoms with Gasteiger partial charge in [-0.05, 0) is 24.6 Å². The van der Waals surface area contributed by atoms with Crippen molar-refractivity contribution in [2.45, 2.75) is 32.4 Å². The number of carbonyl (C=O) groups excluding carboxylic acids is 2. The van der Waals surface area contributed by atoms with Crippen LogP contribution in [-0.4, -0.2) is 49.5 Å². The highest BCUT2D eigenvalue weighted by Crippen LogP contribution is 2.21. The normalized spacial score (nSPS) is 19.1. The number of nitrogens with zero attached hydrogens (tertiary/aromatic N) is 1. The Morgan fingerprint density at radius 2 is 2.09 bits per heavy atom. The Bertz CT molecular complexity index is 545. The molecule has 1 heterocycles.